The molecule has 2 N–H and O–H groups in total. The maximum absolute atomic E-state index is 12.5. The zero-order valence-electron chi connectivity index (χ0n) is 14.0. The van der Waals surface area contributed by atoms with Gasteiger partial charge in [0.1, 0.15) is 0 Å². The van der Waals surface area contributed by atoms with Gasteiger partial charge in [0.05, 0.1) is 11.1 Å². The molecule has 1 amide bonds. The van der Waals surface area contributed by atoms with Gasteiger partial charge in [0.25, 0.3) is 5.91 Å². The summed E-state index contributed by atoms with van der Waals surface area (Å²) in [5.41, 5.74) is 1.51. The number of hydrogen-bond acceptors (Lipinski definition) is 3. The third-order valence-corrected chi connectivity index (χ3v) is 4.49. The minimum atomic E-state index is -1.08. The smallest absolute Gasteiger partial charge is 0.336 e. The predicted molar refractivity (Wildman–Crippen MR) is 95.6 cm³/mol. The van der Waals surface area contributed by atoms with Crippen LogP contribution >= 0.6 is 0 Å². The second-order valence-electron chi connectivity index (χ2n) is 6.38. The summed E-state index contributed by atoms with van der Waals surface area (Å²) in [6, 6.07) is 16.6. The quantitative estimate of drug-likeness (QED) is 0.879. The minimum Gasteiger partial charge on any atom is -0.478 e. The minimum absolute atomic E-state index is 0.0341. The van der Waals surface area contributed by atoms with E-state index < -0.39 is 5.97 Å². The molecular formula is C20H22N2O3. The highest BCUT2D eigenvalue weighted by atomic mass is 16.4. The molecule has 0 aliphatic carbocycles. The van der Waals surface area contributed by atoms with Gasteiger partial charge in [-0.1, -0.05) is 42.5 Å². The van der Waals surface area contributed by atoms with Crippen molar-refractivity contribution >= 4 is 11.9 Å². The Balaban J connectivity index is 1.63. The van der Waals surface area contributed by atoms with Crippen LogP contribution in [0, 0.1) is 0 Å². The van der Waals surface area contributed by atoms with Crippen molar-refractivity contribution in [1.82, 2.24) is 10.2 Å². The lowest BCUT2D eigenvalue weighted by Gasteiger charge is -2.33. The Hall–Kier alpha value is -2.66. The third kappa shape index (κ3) is 4.45. The molecule has 5 nitrogen and oxygen atoms in total. The fourth-order valence-electron chi connectivity index (χ4n) is 3.29. The van der Waals surface area contributed by atoms with Gasteiger partial charge in [-0.25, -0.2) is 4.79 Å². The number of benzene rings is 2. The van der Waals surface area contributed by atoms with Gasteiger partial charge in [-0.15, -0.1) is 0 Å². The number of aromatic carboxylic acids is 1. The zero-order valence-corrected chi connectivity index (χ0v) is 14.0. The molecule has 0 aromatic heterocycles. The van der Waals surface area contributed by atoms with Crippen LogP contribution in [0.2, 0.25) is 0 Å². The first kappa shape index (κ1) is 17.2. The van der Waals surface area contributed by atoms with Crippen LogP contribution in [0.25, 0.3) is 0 Å². The van der Waals surface area contributed by atoms with Crippen molar-refractivity contribution in [2.24, 2.45) is 0 Å². The number of hydrogen-bond donors (Lipinski definition) is 2. The number of carboxylic acid groups (broad SMARTS) is 1. The van der Waals surface area contributed by atoms with Gasteiger partial charge >= 0.3 is 5.97 Å². The zero-order chi connectivity index (χ0) is 17.6. The van der Waals surface area contributed by atoms with Gasteiger partial charge in [0, 0.05) is 19.1 Å². The number of piperidine rings is 1. The van der Waals surface area contributed by atoms with Gasteiger partial charge in [0.2, 0.25) is 0 Å². The molecule has 130 valence electrons. The van der Waals surface area contributed by atoms with Gasteiger partial charge in [0.15, 0.2) is 0 Å². The summed E-state index contributed by atoms with van der Waals surface area (Å²) >= 11 is 0. The second-order valence-corrected chi connectivity index (χ2v) is 6.38. The SMILES string of the molecule is O=C(O)c1ccccc1C(=O)NC1CCCN(Cc2ccccc2)C1. The first-order chi connectivity index (χ1) is 12.1. The average Bonchev–Trinajstić information content (AvgIpc) is 2.63. The van der Waals surface area contributed by atoms with Crippen molar-refractivity contribution in [1.29, 1.82) is 0 Å². The van der Waals surface area contributed by atoms with Crippen LogP contribution in [-0.2, 0) is 6.54 Å². The Bertz CT molecular complexity index is 746. The summed E-state index contributed by atoms with van der Waals surface area (Å²) in [5.74, 6) is -1.40. The summed E-state index contributed by atoms with van der Waals surface area (Å²) in [5, 5.41) is 12.2. The summed E-state index contributed by atoms with van der Waals surface area (Å²) in [4.78, 5) is 26.1. The Morgan fingerprint density at radius 3 is 2.44 bits per heavy atom. The van der Waals surface area contributed by atoms with Crippen LogP contribution in [0.3, 0.4) is 0 Å². The maximum atomic E-state index is 12.5. The lowest BCUT2D eigenvalue weighted by Crippen LogP contribution is -2.47. The van der Waals surface area contributed by atoms with Crippen molar-refractivity contribution in [3.8, 4) is 0 Å². The summed E-state index contributed by atoms with van der Waals surface area (Å²) in [6.45, 7) is 2.64. The van der Waals surface area contributed by atoms with Crippen molar-refractivity contribution in [2.75, 3.05) is 13.1 Å². The number of rotatable bonds is 5. The molecule has 0 bridgehead atoms. The molecule has 5 heteroatoms. The molecule has 1 aliphatic heterocycles. The van der Waals surface area contributed by atoms with Crippen molar-refractivity contribution in [2.45, 2.75) is 25.4 Å². The van der Waals surface area contributed by atoms with E-state index in [9.17, 15) is 14.7 Å². The molecule has 1 fully saturated rings. The predicted octanol–water partition coefficient (Wildman–Crippen LogP) is 2.78. The Morgan fingerprint density at radius 2 is 1.72 bits per heavy atom. The van der Waals surface area contributed by atoms with Gasteiger partial charge in [-0.3, -0.25) is 9.69 Å². The number of nitrogens with one attached hydrogen (secondary N) is 1. The van der Waals surface area contributed by atoms with Crippen LogP contribution in [-0.4, -0.2) is 41.0 Å². The summed E-state index contributed by atoms with van der Waals surface area (Å²) < 4.78 is 0. The van der Waals surface area contributed by atoms with Gasteiger partial charge in [-0.05, 0) is 37.1 Å². The molecule has 1 saturated heterocycles. The largest absolute Gasteiger partial charge is 0.478 e. The van der Waals surface area contributed by atoms with E-state index in [1.165, 1.54) is 11.6 Å². The molecule has 0 saturated carbocycles. The molecule has 2 aromatic rings. The topological polar surface area (TPSA) is 69.6 Å². The van der Waals surface area contributed by atoms with Crippen LogP contribution < -0.4 is 5.32 Å². The Morgan fingerprint density at radius 1 is 1.04 bits per heavy atom. The monoisotopic (exact) mass is 338 g/mol. The molecule has 3 rings (SSSR count). The molecule has 25 heavy (non-hydrogen) atoms. The summed E-state index contributed by atoms with van der Waals surface area (Å²) in [6.07, 6.45) is 1.92. The Kier molecular flexibility index (Phi) is 5.46. The average molecular weight is 338 g/mol. The van der Waals surface area contributed by atoms with E-state index in [2.05, 4.69) is 22.3 Å². The van der Waals surface area contributed by atoms with E-state index in [1.807, 2.05) is 18.2 Å². The molecule has 1 aliphatic rings. The summed E-state index contributed by atoms with van der Waals surface area (Å²) in [7, 11) is 0. The highest BCUT2D eigenvalue weighted by Gasteiger charge is 2.23. The number of carbonyl (C=O) groups excluding carboxylic acids is 1. The standard InChI is InChI=1S/C20H22N2O3/c23-19(17-10-4-5-11-18(17)20(24)25)21-16-9-6-12-22(14-16)13-15-7-2-1-3-8-15/h1-5,7-8,10-11,16H,6,9,12-14H2,(H,21,23)(H,24,25). The highest BCUT2D eigenvalue weighted by Crippen LogP contribution is 2.15. The Labute approximate surface area is 147 Å². The van der Waals surface area contributed by atoms with Gasteiger partial charge < -0.3 is 10.4 Å². The van der Waals surface area contributed by atoms with Crippen LogP contribution in [0.4, 0.5) is 0 Å². The van der Waals surface area contributed by atoms with Crippen molar-refractivity contribution < 1.29 is 14.7 Å². The fraction of sp³-hybridized carbons (Fsp3) is 0.300. The van der Waals surface area contributed by atoms with Crippen LogP contribution in [0.5, 0.6) is 0 Å². The first-order valence-corrected chi connectivity index (χ1v) is 8.53. The lowest BCUT2D eigenvalue weighted by molar-refractivity contribution is 0.0689. The number of likely N-dealkylation sites (tertiary alicyclic amines) is 1. The molecule has 0 radical (unpaired) electrons. The number of amides is 1. The number of nitrogens with zero attached hydrogens (tertiary/aromatic N) is 1. The van der Waals surface area contributed by atoms with E-state index >= 15 is 0 Å². The van der Waals surface area contributed by atoms with Crippen LogP contribution in [0.1, 0.15) is 39.1 Å². The normalized spacial score (nSPS) is 17.8. The van der Waals surface area contributed by atoms with E-state index in [1.54, 1.807) is 18.2 Å². The second kappa shape index (κ2) is 7.94. The molecule has 1 atom stereocenters. The van der Waals surface area contributed by atoms with Crippen molar-refractivity contribution in [3.63, 3.8) is 0 Å². The van der Waals surface area contributed by atoms with Gasteiger partial charge in [-0.2, -0.15) is 0 Å². The van der Waals surface area contributed by atoms with Crippen LogP contribution in [0.15, 0.2) is 54.6 Å². The van der Waals surface area contributed by atoms with E-state index in [0.29, 0.717) is 0 Å². The highest BCUT2D eigenvalue weighted by molar-refractivity contribution is 6.04. The van der Waals surface area contributed by atoms with Crippen molar-refractivity contribution in [3.05, 3.63) is 71.3 Å². The van der Waals surface area contributed by atoms with E-state index in [0.717, 1.165) is 32.5 Å². The molecule has 1 unspecified atom stereocenters. The lowest BCUT2D eigenvalue weighted by atomic mass is 10.0. The molecule has 1 heterocycles. The van der Waals surface area contributed by atoms with E-state index in [4.69, 9.17) is 0 Å². The van der Waals surface area contributed by atoms with E-state index in [-0.39, 0.29) is 23.1 Å². The maximum Gasteiger partial charge on any atom is 0.336 e. The fourth-order valence-corrected chi connectivity index (χ4v) is 3.29. The number of carboxylic acids is 1. The molecular weight excluding hydrogens is 316 g/mol. The third-order valence-electron chi connectivity index (χ3n) is 4.49. The molecule has 2 aromatic carbocycles. The number of carbonyl (C=O) groups is 2. The first-order valence-electron chi connectivity index (χ1n) is 8.53. The molecule has 0 spiro atoms.